The monoisotopic (exact) mass is 579 g/mol. The smallest absolute Gasteiger partial charge is 0.253 e. The van der Waals surface area contributed by atoms with E-state index in [9.17, 15) is 30.3 Å². The molecule has 0 rings (SSSR count). The first-order chi connectivity index (χ1) is 18.7. The van der Waals surface area contributed by atoms with E-state index in [-0.39, 0.29) is 0 Å². The van der Waals surface area contributed by atoms with Gasteiger partial charge in [-0.1, -0.05) is 0 Å². The van der Waals surface area contributed by atoms with E-state index >= 15 is 0 Å². The molecule has 0 aromatic rings. The van der Waals surface area contributed by atoms with Crippen molar-refractivity contribution in [2.75, 3.05) is 24.6 Å². The Hall–Kier alpha value is -1.37. The number of unbranched alkanes of at least 4 members (excludes halogenated alkanes) is 16. The van der Waals surface area contributed by atoms with Crippen LogP contribution in [0.5, 0.6) is 0 Å². The van der Waals surface area contributed by atoms with Crippen LogP contribution in [0.1, 0.15) is 156 Å². The van der Waals surface area contributed by atoms with Crippen molar-refractivity contribution in [3.05, 3.63) is 30.3 Å². The van der Waals surface area contributed by atoms with Crippen LogP contribution in [0.3, 0.4) is 0 Å². The van der Waals surface area contributed by atoms with Gasteiger partial charge in [0.2, 0.25) is 0 Å². The van der Waals surface area contributed by atoms with Gasteiger partial charge in [-0.3, -0.25) is 30.3 Å². The Morgan fingerprint density at radius 2 is 0.615 bits per heavy atom. The first-order valence-electron chi connectivity index (χ1n) is 16.1. The number of nitrogens with zero attached hydrogens (tertiary/aromatic N) is 3. The van der Waals surface area contributed by atoms with Crippen LogP contribution < -0.4 is 0 Å². The third kappa shape index (κ3) is 24.2. The maximum atomic E-state index is 9.50. The zero-order chi connectivity index (χ0) is 29.8. The molecule has 0 fully saturated rings. The predicted octanol–water partition coefficient (Wildman–Crippen LogP) is 9.72. The molecular formula is C29H62N3O6P. The van der Waals surface area contributed by atoms with Crippen molar-refractivity contribution in [3.63, 3.8) is 0 Å². The van der Waals surface area contributed by atoms with Gasteiger partial charge in [-0.2, -0.15) is 0 Å². The first-order valence-corrected chi connectivity index (χ1v) is 18.9. The number of hydrogen-bond acceptors (Lipinski definition) is 6. The molecule has 0 aromatic heterocycles. The van der Waals surface area contributed by atoms with Crippen molar-refractivity contribution in [1.82, 2.24) is 0 Å². The summed E-state index contributed by atoms with van der Waals surface area (Å²) in [7, 11) is -1.03. The summed E-state index contributed by atoms with van der Waals surface area (Å²) in [6.45, 7) is 9.41. The fourth-order valence-electron chi connectivity index (χ4n) is 5.40. The van der Waals surface area contributed by atoms with Gasteiger partial charge in [0.05, 0.1) is 0 Å². The summed E-state index contributed by atoms with van der Waals surface area (Å²) in [6.07, 6.45) is 33.4. The van der Waals surface area contributed by atoms with Crippen molar-refractivity contribution in [3.8, 4) is 0 Å². The molecule has 0 aliphatic rings. The Morgan fingerprint density at radius 1 is 0.410 bits per heavy atom. The van der Waals surface area contributed by atoms with Crippen LogP contribution in [-0.2, 0) is 0 Å². The van der Waals surface area contributed by atoms with Crippen LogP contribution in [0.15, 0.2) is 0 Å². The van der Waals surface area contributed by atoms with E-state index in [0.29, 0.717) is 0 Å². The van der Waals surface area contributed by atoms with E-state index in [1.807, 2.05) is 0 Å². The molecule has 0 atom stereocenters. The molecule has 0 saturated carbocycles. The molecule has 0 bridgehead atoms. The van der Waals surface area contributed by atoms with Crippen molar-refractivity contribution >= 4 is 7.26 Å². The molecule has 0 spiro atoms. The van der Waals surface area contributed by atoms with Crippen LogP contribution in [0.4, 0.5) is 0 Å². The van der Waals surface area contributed by atoms with Gasteiger partial charge in [-0.05, 0) is 0 Å². The van der Waals surface area contributed by atoms with Crippen molar-refractivity contribution in [2.24, 2.45) is 0 Å². The molecule has 0 aliphatic carbocycles. The quantitative estimate of drug-likeness (QED) is 0.0313. The average molecular weight is 580 g/mol. The third-order valence-corrected chi connectivity index (χ3v) is 13.5. The summed E-state index contributed by atoms with van der Waals surface area (Å²) in [5.41, 5.74) is 0. The molecule has 10 heteroatoms. The maximum absolute atomic E-state index is 9.50. The third-order valence-electron chi connectivity index (χ3n) is 7.81. The second-order valence-electron chi connectivity index (χ2n) is 11.4. The van der Waals surface area contributed by atoms with E-state index < -0.39 is 28.3 Å². The summed E-state index contributed by atoms with van der Waals surface area (Å²) in [5, 5.41) is 28.5. The van der Waals surface area contributed by atoms with Gasteiger partial charge in [0.1, 0.15) is 0 Å². The molecule has 0 amide bonds. The number of hydrogen-bond donors (Lipinski definition) is 0. The largest absolute Gasteiger partial charge is 0.693 e. The van der Waals surface area contributed by atoms with Crippen molar-refractivity contribution in [1.29, 1.82) is 0 Å². The standard InChI is InChI=1S/C28H61P.CHN3O6/c1-5-9-13-17-18-19-20-24-28-29(25-21-14-10-6-2,26-22-15-11-7-3)27-23-16-12-8-4;5-2(6)1(3(7)8)4(9)10/h29H,5-28H2,1-4H3;1H. The Balaban J connectivity index is 0. The second kappa shape index (κ2) is 28.2. The molecule has 9 nitrogen and oxygen atoms in total. The minimum atomic E-state index is -2.94. The fraction of sp³-hybridized carbons (Fsp3) is 1.00. The molecule has 0 radical (unpaired) electrons. The first kappa shape index (κ1) is 39.8. The molecule has 234 valence electrons. The molecule has 0 N–H and O–H groups in total. The molecular weight excluding hydrogens is 517 g/mol. The SMILES string of the molecule is CCCCCCCCCC[PH](CCCCCC)(CCCCCC)CCCCCC.O=[N+]([O-])C([N+](=O)[O-])[N+](=O)[O-]. The Labute approximate surface area is 239 Å². The van der Waals surface area contributed by atoms with E-state index in [4.69, 9.17) is 0 Å². The minimum Gasteiger partial charge on any atom is -0.253 e. The minimum absolute atomic E-state index is 1.03. The van der Waals surface area contributed by atoms with Crippen LogP contribution in [0.2, 0.25) is 0 Å². The zero-order valence-corrected chi connectivity index (χ0v) is 26.8. The Bertz CT molecular complexity index is 545. The van der Waals surface area contributed by atoms with E-state index in [1.54, 1.807) is 50.3 Å². The zero-order valence-electron chi connectivity index (χ0n) is 25.8. The molecule has 0 aliphatic heterocycles. The Kier molecular flexibility index (Phi) is 28.7. The van der Waals surface area contributed by atoms with Crippen molar-refractivity contribution < 1.29 is 14.8 Å². The van der Waals surface area contributed by atoms with Gasteiger partial charge in [-0.25, -0.2) is 0 Å². The average Bonchev–Trinajstić information content (AvgIpc) is 2.88. The van der Waals surface area contributed by atoms with Gasteiger partial charge < -0.3 is 0 Å². The fourth-order valence-corrected chi connectivity index (χ4v) is 10.9. The van der Waals surface area contributed by atoms with Gasteiger partial charge in [0.25, 0.3) is 0 Å². The van der Waals surface area contributed by atoms with Gasteiger partial charge in [0.15, 0.2) is 14.8 Å². The van der Waals surface area contributed by atoms with Gasteiger partial charge >= 0.3 is 194 Å². The number of nitro groups is 3. The normalized spacial score (nSPS) is 11.7. The van der Waals surface area contributed by atoms with E-state index in [2.05, 4.69) is 27.7 Å². The predicted molar refractivity (Wildman–Crippen MR) is 168 cm³/mol. The van der Waals surface area contributed by atoms with Gasteiger partial charge in [0, 0.05) is 0 Å². The van der Waals surface area contributed by atoms with Crippen LogP contribution >= 0.6 is 7.26 Å². The van der Waals surface area contributed by atoms with E-state index in [0.717, 1.165) is 0 Å². The summed E-state index contributed by atoms with van der Waals surface area (Å²) in [6, 6.07) is 0. The molecule has 0 unspecified atom stereocenters. The maximum Gasteiger partial charge on any atom is 0.693 e. The van der Waals surface area contributed by atoms with Crippen LogP contribution in [0, 0.1) is 30.3 Å². The Morgan fingerprint density at radius 3 is 0.821 bits per heavy atom. The van der Waals surface area contributed by atoms with Crippen LogP contribution in [0.25, 0.3) is 0 Å². The van der Waals surface area contributed by atoms with Crippen molar-refractivity contribution in [2.45, 2.75) is 162 Å². The second-order valence-corrected chi connectivity index (χ2v) is 16.4. The molecule has 0 saturated heterocycles. The van der Waals surface area contributed by atoms with Crippen LogP contribution in [-0.4, -0.2) is 45.7 Å². The topological polar surface area (TPSA) is 129 Å². The van der Waals surface area contributed by atoms with E-state index in [1.165, 1.54) is 103 Å². The molecule has 0 heterocycles. The van der Waals surface area contributed by atoms with Gasteiger partial charge in [-0.15, -0.1) is 0 Å². The summed E-state index contributed by atoms with van der Waals surface area (Å²) >= 11 is 0. The molecule has 0 aromatic carbocycles. The molecule has 39 heavy (non-hydrogen) atoms. The summed E-state index contributed by atoms with van der Waals surface area (Å²) < 4.78 is 0. The summed E-state index contributed by atoms with van der Waals surface area (Å²) in [4.78, 5) is 23.8. The summed E-state index contributed by atoms with van der Waals surface area (Å²) in [5.74, 6) is 0. The number of rotatable bonds is 27.